The first-order valence-electron chi connectivity index (χ1n) is 5.18. The van der Waals surface area contributed by atoms with E-state index in [1.807, 2.05) is 0 Å². The molecule has 0 unspecified atom stereocenters. The van der Waals surface area contributed by atoms with Crippen molar-refractivity contribution in [1.82, 2.24) is 5.32 Å². The fourth-order valence-corrected chi connectivity index (χ4v) is 2.21. The molecule has 1 aromatic carbocycles. The Labute approximate surface area is 108 Å². The molecule has 1 aliphatic carbocycles. The van der Waals surface area contributed by atoms with Gasteiger partial charge in [-0.25, -0.2) is 4.39 Å². The molecule has 2 rings (SSSR count). The van der Waals surface area contributed by atoms with Gasteiger partial charge in [0.25, 0.3) is 0 Å². The van der Waals surface area contributed by atoms with Crippen molar-refractivity contribution < 1.29 is 4.39 Å². The van der Waals surface area contributed by atoms with Gasteiger partial charge in [-0.2, -0.15) is 0 Å². The fraction of sp³-hybridized carbons (Fsp3) is 0.364. The summed E-state index contributed by atoms with van der Waals surface area (Å²) >= 11 is 8.45. The Morgan fingerprint density at radius 3 is 2.75 bits per heavy atom. The highest BCUT2D eigenvalue weighted by atomic mass is 79.9. The summed E-state index contributed by atoms with van der Waals surface area (Å²) in [7, 11) is 0. The van der Waals surface area contributed by atoms with Crippen LogP contribution in [0, 0.1) is 5.82 Å². The van der Waals surface area contributed by atoms with E-state index in [4.69, 9.17) is 12.2 Å². The molecular weight excluding hydrogens is 291 g/mol. The average molecular weight is 303 g/mol. The van der Waals surface area contributed by atoms with Crippen molar-refractivity contribution in [3.05, 3.63) is 28.5 Å². The number of benzene rings is 1. The predicted molar refractivity (Wildman–Crippen MR) is 71.1 cm³/mol. The van der Waals surface area contributed by atoms with Crippen molar-refractivity contribution in [3.8, 4) is 0 Å². The van der Waals surface area contributed by atoms with E-state index < -0.39 is 0 Å². The smallest absolute Gasteiger partial charge is 0.171 e. The van der Waals surface area contributed by atoms with Gasteiger partial charge in [-0.15, -0.1) is 0 Å². The summed E-state index contributed by atoms with van der Waals surface area (Å²) in [6.07, 6.45) is 3.61. The number of halogens is 2. The first kappa shape index (κ1) is 11.8. The summed E-state index contributed by atoms with van der Waals surface area (Å²) in [5.74, 6) is -0.268. The lowest BCUT2D eigenvalue weighted by Gasteiger charge is -2.27. The molecular formula is C11H12BrFN2S. The van der Waals surface area contributed by atoms with E-state index >= 15 is 0 Å². The second kappa shape index (κ2) is 5.10. The molecule has 0 radical (unpaired) electrons. The maximum atomic E-state index is 12.9. The summed E-state index contributed by atoms with van der Waals surface area (Å²) < 4.78 is 13.5. The van der Waals surface area contributed by atoms with Gasteiger partial charge in [0.15, 0.2) is 5.11 Å². The highest BCUT2D eigenvalue weighted by Gasteiger charge is 2.17. The minimum atomic E-state index is -0.268. The van der Waals surface area contributed by atoms with E-state index in [0.717, 1.165) is 5.69 Å². The van der Waals surface area contributed by atoms with Crippen LogP contribution in [0.5, 0.6) is 0 Å². The molecule has 0 amide bonds. The van der Waals surface area contributed by atoms with E-state index in [2.05, 4.69) is 26.6 Å². The van der Waals surface area contributed by atoms with Gasteiger partial charge in [0.1, 0.15) is 5.82 Å². The number of rotatable bonds is 2. The van der Waals surface area contributed by atoms with Crippen LogP contribution in [0.25, 0.3) is 0 Å². The zero-order chi connectivity index (χ0) is 11.5. The lowest BCUT2D eigenvalue weighted by molar-refractivity contribution is 0.385. The first-order chi connectivity index (χ1) is 7.65. The van der Waals surface area contributed by atoms with E-state index in [1.54, 1.807) is 6.07 Å². The van der Waals surface area contributed by atoms with E-state index in [1.165, 1.54) is 31.4 Å². The third-order valence-electron chi connectivity index (χ3n) is 2.62. The third-order valence-corrected chi connectivity index (χ3v) is 3.50. The van der Waals surface area contributed by atoms with Crippen LogP contribution in [0.2, 0.25) is 0 Å². The van der Waals surface area contributed by atoms with Crippen LogP contribution in [0.1, 0.15) is 19.3 Å². The Morgan fingerprint density at radius 2 is 2.19 bits per heavy atom. The van der Waals surface area contributed by atoms with Gasteiger partial charge in [0.2, 0.25) is 0 Å². The molecule has 1 aromatic rings. The molecule has 0 aromatic heterocycles. The van der Waals surface area contributed by atoms with Gasteiger partial charge in [-0.05, 0) is 65.6 Å². The van der Waals surface area contributed by atoms with Crippen LogP contribution in [0.3, 0.4) is 0 Å². The summed E-state index contributed by atoms with van der Waals surface area (Å²) in [6, 6.07) is 4.97. The first-order valence-corrected chi connectivity index (χ1v) is 6.38. The van der Waals surface area contributed by atoms with Crippen molar-refractivity contribution in [2.45, 2.75) is 25.3 Å². The number of anilines is 1. The van der Waals surface area contributed by atoms with Crippen molar-refractivity contribution in [2.75, 3.05) is 5.32 Å². The zero-order valence-corrected chi connectivity index (χ0v) is 11.0. The van der Waals surface area contributed by atoms with Crippen LogP contribution in [0.15, 0.2) is 22.7 Å². The van der Waals surface area contributed by atoms with Gasteiger partial charge in [-0.1, -0.05) is 0 Å². The van der Waals surface area contributed by atoms with E-state index in [-0.39, 0.29) is 5.82 Å². The Morgan fingerprint density at radius 1 is 1.44 bits per heavy atom. The summed E-state index contributed by atoms with van der Waals surface area (Å²) in [6.45, 7) is 0. The monoisotopic (exact) mass is 302 g/mol. The van der Waals surface area contributed by atoms with E-state index in [0.29, 0.717) is 15.6 Å². The Hall–Kier alpha value is -0.680. The molecule has 0 bridgehead atoms. The van der Waals surface area contributed by atoms with Crippen molar-refractivity contribution in [3.63, 3.8) is 0 Å². The lowest BCUT2D eigenvalue weighted by atomic mass is 9.93. The molecule has 1 saturated carbocycles. The average Bonchev–Trinajstić information content (AvgIpc) is 2.16. The highest BCUT2D eigenvalue weighted by Crippen LogP contribution is 2.23. The van der Waals surface area contributed by atoms with Gasteiger partial charge in [-0.3, -0.25) is 0 Å². The van der Waals surface area contributed by atoms with Crippen LogP contribution in [-0.2, 0) is 0 Å². The number of hydrogen-bond acceptors (Lipinski definition) is 1. The Balaban J connectivity index is 1.94. The van der Waals surface area contributed by atoms with Crippen LogP contribution >= 0.6 is 28.1 Å². The van der Waals surface area contributed by atoms with E-state index in [9.17, 15) is 4.39 Å². The minimum absolute atomic E-state index is 0.268. The topological polar surface area (TPSA) is 24.1 Å². The minimum Gasteiger partial charge on any atom is -0.360 e. The van der Waals surface area contributed by atoms with Gasteiger partial charge in [0.05, 0.1) is 5.69 Å². The van der Waals surface area contributed by atoms with Gasteiger partial charge < -0.3 is 10.6 Å². The molecule has 0 atom stereocenters. The molecule has 0 aliphatic heterocycles. The molecule has 86 valence electrons. The van der Waals surface area contributed by atoms with Crippen molar-refractivity contribution in [1.29, 1.82) is 0 Å². The zero-order valence-electron chi connectivity index (χ0n) is 8.59. The summed E-state index contributed by atoms with van der Waals surface area (Å²) in [5, 5.41) is 6.85. The number of hydrogen-bond donors (Lipinski definition) is 2. The van der Waals surface area contributed by atoms with Crippen LogP contribution < -0.4 is 10.6 Å². The maximum Gasteiger partial charge on any atom is 0.171 e. The van der Waals surface area contributed by atoms with Crippen LogP contribution in [-0.4, -0.2) is 11.2 Å². The predicted octanol–water partition coefficient (Wildman–Crippen LogP) is 3.43. The number of nitrogens with one attached hydrogen (secondary N) is 2. The fourth-order valence-electron chi connectivity index (χ4n) is 1.49. The normalized spacial score (nSPS) is 15.4. The SMILES string of the molecule is Fc1ccc(NC(=S)NC2CCC2)c(Br)c1. The maximum absolute atomic E-state index is 12.9. The highest BCUT2D eigenvalue weighted by molar-refractivity contribution is 9.10. The summed E-state index contributed by atoms with van der Waals surface area (Å²) in [4.78, 5) is 0. The molecule has 5 heteroatoms. The standard InChI is InChI=1S/C11H12BrFN2S/c12-9-6-7(13)4-5-10(9)15-11(16)14-8-2-1-3-8/h4-6,8H,1-3H2,(H2,14,15,16). The largest absolute Gasteiger partial charge is 0.360 e. The van der Waals surface area contributed by atoms with Crippen molar-refractivity contribution in [2.24, 2.45) is 0 Å². The lowest BCUT2D eigenvalue weighted by Crippen LogP contribution is -2.41. The quantitative estimate of drug-likeness (QED) is 0.819. The Kier molecular flexibility index (Phi) is 3.76. The molecule has 1 aliphatic rings. The molecule has 0 saturated heterocycles. The van der Waals surface area contributed by atoms with Crippen molar-refractivity contribution >= 4 is 38.9 Å². The molecule has 2 nitrogen and oxygen atoms in total. The van der Waals surface area contributed by atoms with Gasteiger partial charge in [0, 0.05) is 10.5 Å². The molecule has 16 heavy (non-hydrogen) atoms. The second-order valence-electron chi connectivity index (χ2n) is 3.85. The molecule has 2 N–H and O–H groups in total. The molecule has 0 heterocycles. The molecule has 0 spiro atoms. The summed E-state index contributed by atoms with van der Waals surface area (Å²) in [5.41, 5.74) is 0.776. The van der Waals surface area contributed by atoms with Crippen LogP contribution in [0.4, 0.5) is 10.1 Å². The second-order valence-corrected chi connectivity index (χ2v) is 5.11. The Bertz CT molecular complexity index is 407. The number of thiocarbonyl (C=S) groups is 1. The third kappa shape index (κ3) is 2.92. The van der Waals surface area contributed by atoms with Gasteiger partial charge >= 0.3 is 0 Å². The molecule has 1 fully saturated rings.